The van der Waals surface area contributed by atoms with Gasteiger partial charge in [0.1, 0.15) is 12.1 Å². The lowest BCUT2D eigenvalue weighted by molar-refractivity contribution is 0.440. The first-order chi connectivity index (χ1) is 7.29. The zero-order valence-corrected chi connectivity index (χ0v) is 11.9. The van der Waals surface area contributed by atoms with Gasteiger partial charge in [-0.1, -0.05) is 0 Å². The average molecular weight is 279 g/mol. The number of anilines is 1. The molecule has 1 aliphatic rings. The Balaban J connectivity index is 0.00000128. The van der Waals surface area contributed by atoms with Gasteiger partial charge in [0.15, 0.2) is 0 Å². The molecule has 0 saturated carbocycles. The highest BCUT2D eigenvalue weighted by Gasteiger charge is 2.18. The molecule has 4 nitrogen and oxygen atoms in total. The Morgan fingerprint density at radius 1 is 1.24 bits per heavy atom. The molecule has 1 aromatic rings. The quantitative estimate of drug-likeness (QED) is 0.896. The number of hydrogen-bond acceptors (Lipinski definition) is 4. The van der Waals surface area contributed by atoms with Crippen LogP contribution in [0.4, 0.5) is 5.82 Å². The third-order valence-electron chi connectivity index (χ3n) is 3.02. The molecule has 2 rings (SSSR count). The topological polar surface area (TPSA) is 41.0 Å². The number of aryl methyl sites for hydroxylation is 1. The molecule has 1 aromatic heterocycles. The predicted octanol–water partition coefficient (Wildman–Crippen LogP) is 1.82. The molecule has 0 aromatic carbocycles. The Kier molecular flexibility index (Phi) is 7.43. The highest BCUT2D eigenvalue weighted by molar-refractivity contribution is 5.85. The van der Waals surface area contributed by atoms with E-state index in [2.05, 4.69) is 26.3 Å². The second kappa shape index (κ2) is 7.69. The molecule has 0 unspecified atom stereocenters. The number of nitrogens with zero attached hydrogens (tertiary/aromatic N) is 3. The summed E-state index contributed by atoms with van der Waals surface area (Å²) < 4.78 is 0. The van der Waals surface area contributed by atoms with Crippen molar-refractivity contribution in [1.82, 2.24) is 15.3 Å². The average Bonchev–Trinajstić information content (AvgIpc) is 2.29. The molecule has 1 N–H and O–H groups in total. The van der Waals surface area contributed by atoms with Gasteiger partial charge in [-0.3, -0.25) is 0 Å². The first-order valence-corrected chi connectivity index (χ1v) is 5.50. The van der Waals surface area contributed by atoms with E-state index in [0.29, 0.717) is 6.04 Å². The molecule has 1 fully saturated rings. The Labute approximate surface area is 115 Å². The number of aromatic nitrogens is 2. The third kappa shape index (κ3) is 4.30. The van der Waals surface area contributed by atoms with Gasteiger partial charge < -0.3 is 10.2 Å². The Morgan fingerprint density at radius 3 is 2.41 bits per heavy atom. The first kappa shape index (κ1) is 16.4. The van der Waals surface area contributed by atoms with E-state index in [0.717, 1.165) is 24.6 Å². The summed E-state index contributed by atoms with van der Waals surface area (Å²) in [4.78, 5) is 10.8. The molecule has 0 amide bonds. The van der Waals surface area contributed by atoms with Crippen LogP contribution in [0, 0.1) is 6.92 Å². The van der Waals surface area contributed by atoms with Gasteiger partial charge in [-0.2, -0.15) is 0 Å². The summed E-state index contributed by atoms with van der Waals surface area (Å²) in [5, 5.41) is 3.33. The molecule has 0 bridgehead atoms. The molecule has 0 spiro atoms. The molecule has 6 heteroatoms. The van der Waals surface area contributed by atoms with Gasteiger partial charge >= 0.3 is 0 Å². The molecule has 2 heterocycles. The van der Waals surface area contributed by atoms with Crippen LogP contribution in [0.5, 0.6) is 0 Å². The molecular weight excluding hydrogens is 259 g/mol. The second-order valence-corrected chi connectivity index (χ2v) is 4.07. The van der Waals surface area contributed by atoms with Gasteiger partial charge in [-0.05, 0) is 26.8 Å². The van der Waals surface area contributed by atoms with E-state index in [4.69, 9.17) is 0 Å². The van der Waals surface area contributed by atoms with Crippen molar-refractivity contribution in [2.24, 2.45) is 0 Å². The lowest BCUT2D eigenvalue weighted by Gasteiger charge is -2.32. The minimum Gasteiger partial charge on any atom is -0.356 e. The largest absolute Gasteiger partial charge is 0.356 e. The van der Waals surface area contributed by atoms with Crippen LogP contribution in [-0.4, -0.2) is 36.1 Å². The summed E-state index contributed by atoms with van der Waals surface area (Å²) in [6, 6.07) is 2.73. The Morgan fingerprint density at radius 2 is 1.88 bits per heavy atom. The van der Waals surface area contributed by atoms with Crippen LogP contribution in [0.15, 0.2) is 12.4 Å². The molecule has 1 aliphatic heterocycles. The lowest BCUT2D eigenvalue weighted by Crippen LogP contribution is -2.41. The molecule has 17 heavy (non-hydrogen) atoms. The van der Waals surface area contributed by atoms with E-state index >= 15 is 0 Å². The van der Waals surface area contributed by atoms with Gasteiger partial charge in [0.05, 0.1) is 0 Å². The molecule has 98 valence electrons. The fourth-order valence-corrected chi connectivity index (χ4v) is 2.01. The van der Waals surface area contributed by atoms with Crippen molar-refractivity contribution in [3.05, 3.63) is 18.1 Å². The summed E-state index contributed by atoms with van der Waals surface area (Å²) in [7, 11) is 2.04. The van der Waals surface area contributed by atoms with Crippen molar-refractivity contribution in [1.29, 1.82) is 0 Å². The number of piperidine rings is 1. The Hall–Kier alpha value is -0.580. The zero-order chi connectivity index (χ0) is 10.7. The van der Waals surface area contributed by atoms with Crippen LogP contribution >= 0.6 is 24.8 Å². The fourth-order valence-electron chi connectivity index (χ4n) is 2.01. The maximum absolute atomic E-state index is 4.31. The minimum atomic E-state index is 0. The lowest BCUT2D eigenvalue weighted by atomic mass is 10.1. The van der Waals surface area contributed by atoms with Crippen molar-refractivity contribution in [2.45, 2.75) is 25.8 Å². The van der Waals surface area contributed by atoms with Gasteiger partial charge in [0, 0.05) is 30.9 Å². The van der Waals surface area contributed by atoms with Gasteiger partial charge in [-0.25, -0.2) is 9.97 Å². The normalized spacial score (nSPS) is 16.0. The highest BCUT2D eigenvalue weighted by atomic mass is 35.5. The van der Waals surface area contributed by atoms with Crippen molar-refractivity contribution in [2.75, 3.05) is 25.0 Å². The van der Waals surface area contributed by atoms with Crippen molar-refractivity contribution in [3.63, 3.8) is 0 Å². The van der Waals surface area contributed by atoms with E-state index in [-0.39, 0.29) is 24.8 Å². The second-order valence-electron chi connectivity index (χ2n) is 4.07. The number of hydrogen-bond donors (Lipinski definition) is 1. The van der Waals surface area contributed by atoms with Crippen LogP contribution in [0.1, 0.15) is 18.5 Å². The van der Waals surface area contributed by atoms with Gasteiger partial charge in [-0.15, -0.1) is 24.8 Å². The Bertz CT molecular complexity index is 327. The molecule has 0 aliphatic carbocycles. The molecule has 0 atom stereocenters. The smallest absolute Gasteiger partial charge is 0.132 e. The molecular formula is C11H20Cl2N4. The number of halogens is 2. The van der Waals surface area contributed by atoms with E-state index in [9.17, 15) is 0 Å². The van der Waals surface area contributed by atoms with Crippen LogP contribution in [0.3, 0.4) is 0 Å². The SMILES string of the molecule is CNC1CCN(c2cc(C)ncn2)CC1.Cl.Cl. The van der Waals surface area contributed by atoms with Crippen LogP contribution in [0.2, 0.25) is 0 Å². The van der Waals surface area contributed by atoms with Crippen LogP contribution in [-0.2, 0) is 0 Å². The van der Waals surface area contributed by atoms with Gasteiger partial charge in [0.25, 0.3) is 0 Å². The summed E-state index contributed by atoms with van der Waals surface area (Å²) in [6.07, 6.45) is 4.04. The zero-order valence-electron chi connectivity index (χ0n) is 10.2. The van der Waals surface area contributed by atoms with Crippen molar-refractivity contribution >= 4 is 30.6 Å². The van der Waals surface area contributed by atoms with Gasteiger partial charge in [0.2, 0.25) is 0 Å². The van der Waals surface area contributed by atoms with Crippen molar-refractivity contribution in [3.8, 4) is 0 Å². The third-order valence-corrected chi connectivity index (χ3v) is 3.02. The summed E-state index contributed by atoms with van der Waals surface area (Å²) in [5.41, 5.74) is 1.04. The van der Waals surface area contributed by atoms with Crippen LogP contribution in [0.25, 0.3) is 0 Å². The summed E-state index contributed by atoms with van der Waals surface area (Å²) >= 11 is 0. The maximum Gasteiger partial charge on any atom is 0.132 e. The van der Waals surface area contributed by atoms with E-state index < -0.39 is 0 Å². The summed E-state index contributed by atoms with van der Waals surface area (Å²) in [6.45, 7) is 4.18. The fraction of sp³-hybridized carbons (Fsp3) is 0.636. The monoisotopic (exact) mass is 278 g/mol. The van der Waals surface area contributed by atoms with E-state index in [1.165, 1.54) is 12.8 Å². The van der Waals surface area contributed by atoms with Crippen molar-refractivity contribution < 1.29 is 0 Å². The number of nitrogens with one attached hydrogen (secondary N) is 1. The number of rotatable bonds is 2. The van der Waals surface area contributed by atoms with Crippen LogP contribution < -0.4 is 10.2 Å². The maximum atomic E-state index is 4.31. The van der Waals surface area contributed by atoms with E-state index in [1.807, 2.05) is 14.0 Å². The van der Waals surface area contributed by atoms with E-state index in [1.54, 1.807) is 6.33 Å². The highest BCUT2D eigenvalue weighted by Crippen LogP contribution is 2.17. The predicted molar refractivity (Wildman–Crippen MR) is 75.6 cm³/mol. The minimum absolute atomic E-state index is 0. The first-order valence-electron chi connectivity index (χ1n) is 5.50. The standard InChI is InChI=1S/C11H18N4.2ClH/c1-9-7-11(14-8-13-9)15-5-3-10(12-2)4-6-15;;/h7-8,10,12H,3-6H2,1-2H3;2*1H. The molecule has 1 saturated heterocycles. The summed E-state index contributed by atoms with van der Waals surface area (Å²) in [5.74, 6) is 1.07. The molecule has 0 radical (unpaired) electrons.